The molecule has 3 N–H and O–H groups in total. The number of nitrogens with one attached hydrogen (secondary N) is 1. The predicted molar refractivity (Wildman–Crippen MR) is 78.3 cm³/mol. The number of alkyl halides is 1. The summed E-state index contributed by atoms with van der Waals surface area (Å²) < 4.78 is 14.5. The third-order valence-electron chi connectivity index (χ3n) is 4.06. The van der Waals surface area contributed by atoms with Crippen molar-refractivity contribution in [1.82, 2.24) is 5.32 Å². The number of halogens is 2. The summed E-state index contributed by atoms with van der Waals surface area (Å²) in [7, 11) is 0. The van der Waals surface area contributed by atoms with Gasteiger partial charge in [0.05, 0.1) is 10.9 Å². The lowest BCUT2D eigenvalue weighted by Crippen LogP contribution is -2.40. The number of aromatic hydroxyl groups is 1. The Bertz CT molecular complexity index is 516. The number of phenolic OH excluding ortho intramolecular Hbond substituents is 1. The molecule has 0 heterocycles. The number of hydrogen-bond donors (Lipinski definition) is 3. The van der Waals surface area contributed by atoms with Crippen LogP contribution in [0.15, 0.2) is 18.2 Å². The molecule has 1 aromatic carbocycles. The average Bonchev–Trinajstić information content (AvgIpc) is 2.44. The lowest BCUT2D eigenvalue weighted by Gasteiger charge is -2.32. The number of carboxylic acid groups (broad SMARTS) is 1. The SMILES string of the molecule is O=C(O)C1CCC(F)(CNCc2cccc(Cl)c2O)CC1. The Morgan fingerprint density at radius 1 is 1.43 bits per heavy atom. The molecule has 0 amide bonds. The van der Waals surface area contributed by atoms with E-state index in [9.17, 15) is 14.3 Å². The fourth-order valence-electron chi connectivity index (χ4n) is 2.68. The van der Waals surface area contributed by atoms with E-state index in [4.69, 9.17) is 16.7 Å². The van der Waals surface area contributed by atoms with E-state index >= 15 is 0 Å². The van der Waals surface area contributed by atoms with Gasteiger partial charge >= 0.3 is 5.97 Å². The van der Waals surface area contributed by atoms with Gasteiger partial charge in [0, 0.05) is 18.7 Å². The molecule has 0 saturated heterocycles. The summed E-state index contributed by atoms with van der Waals surface area (Å²) in [5.41, 5.74) is -0.759. The van der Waals surface area contributed by atoms with Crippen LogP contribution < -0.4 is 5.32 Å². The fraction of sp³-hybridized carbons (Fsp3) is 0.533. The van der Waals surface area contributed by atoms with Gasteiger partial charge in [0.1, 0.15) is 11.4 Å². The second-order valence-corrected chi connectivity index (χ2v) is 6.02. The fourth-order valence-corrected chi connectivity index (χ4v) is 2.88. The highest BCUT2D eigenvalue weighted by Gasteiger charge is 2.37. The molecule has 116 valence electrons. The first-order valence-electron chi connectivity index (χ1n) is 7.00. The van der Waals surface area contributed by atoms with Crippen molar-refractivity contribution >= 4 is 17.6 Å². The molecule has 0 unspecified atom stereocenters. The first kappa shape index (κ1) is 16.0. The van der Waals surface area contributed by atoms with Crippen LogP contribution >= 0.6 is 11.6 Å². The Morgan fingerprint density at radius 2 is 2.10 bits per heavy atom. The van der Waals surface area contributed by atoms with Crippen LogP contribution in [0.4, 0.5) is 4.39 Å². The Balaban J connectivity index is 1.83. The average molecular weight is 316 g/mol. The van der Waals surface area contributed by atoms with E-state index in [0.717, 1.165) is 0 Å². The van der Waals surface area contributed by atoms with Gasteiger partial charge in [-0.25, -0.2) is 4.39 Å². The number of carbonyl (C=O) groups is 1. The van der Waals surface area contributed by atoms with Crippen LogP contribution in [-0.4, -0.2) is 28.4 Å². The second-order valence-electron chi connectivity index (χ2n) is 5.61. The zero-order chi connectivity index (χ0) is 15.5. The number of benzene rings is 1. The van der Waals surface area contributed by atoms with Crippen molar-refractivity contribution in [3.63, 3.8) is 0 Å². The molecule has 1 aliphatic carbocycles. The summed E-state index contributed by atoms with van der Waals surface area (Å²) in [4.78, 5) is 10.9. The minimum absolute atomic E-state index is 0.00848. The van der Waals surface area contributed by atoms with Crippen molar-refractivity contribution in [2.45, 2.75) is 37.9 Å². The molecule has 0 aromatic heterocycles. The van der Waals surface area contributed by atoms with Gasteiger partial charge in [0.2, 0.25) is 0 Å². The monoisotopic (exact) mass is 315 g/mol. The van der Waals surface area contributed by atoms with Gasteiger partial charge in [-0.15, -0.1) is 0 Å². The third kappa shape index (κ3) is 4.08. The molecule has 0 aliphatic heterocycles. The molecular formula is C15H19ClFNO3. The zero-order valence-corrected chi connectivity index (χ0v) is 12.4. The second kappa shape index (κ2) is 6.62. The van der Waals surface area contributed by atoms with Crippen molar-refractivity contribution in [3.8, 4) is 5.75 Å². The standard InChI is InChI=1S/C15H19ClFNO3/c16-12-3-1-2-11(13(12)19)8-18-9-15(17)6-4-10(5-7-15)14(20)21/h1-3,10,18-19H,4-9H2,(H,20,21). The van der Waals surface area contributed by atoms with Gasteiger partial charge < -0.3 is 15.5 Å². The van der Waals surface area contributed by atoms with Crippen LogP contribution in [0.25, 0.3) is 0 Å². The number of carboxylic acids is 1. The van der Waals surface area contributed by atoms with Crippen LogP contribution in [0.5, 0.6) is 5.75 Å². The smallest absolute Gasteiger partial charge is 0.306 e. The van der Waals surface area contributed by atoms with Gasteiger partial charge in [-0.3, -0.25) is 4.79 Å². The summed E-state index contributed by atoms with van der Waals surface area (Å²) in [6, 6.07) is 5.03. The lowest BCUT2D eigenvalue weighted by atomic mass is 9.80. The number of rotatable bonds is 5. The molecule has 0 atom stereocenters. The summed E-state index contributed by atoms with van der Waals surface area (Å²) >= 11 is 5.81. The first-order valence-corrected chi connectivity index (χ1v) is 7.38. The summed E-state index contributed by atoms with van der Waals surface area (Å²) in [5, 5.41) is 21.9. The molecule has 1 aliphatic rings. The highest BCUT2D eigenvalue weighted by atomic mass is 35.5. The molecule has 6 heteroatoms. The Morgan fingerprint density at radius 3 is 2.71 bits per heavy atom. The number of hydrogen-bond acceptors (Lipinski definition) is 3. The van der Waals surface area contributed by atoms with E-state index in [-0.39, 0.29) is 30.2 Å². The summed E-state index contributed by atoms with van der Waals surface area (Å²) in [5.74, 6) is -1.26. The van der Waals surface area contributed by atoms with Crippen molar-refractivity contribution in [1.29, 1.82) is 0 Å². The molecule has 1 saturated carbocycles. The predicted octanol–water partition coefficient (Wildman–Crippen LogP) is 3.12. The van der Waals surface area contributed by atoms with E-state index in [1.165, 1.54) is 0 Å². The van der Waals surface area contributed by atoms with E-state index < -0.39 is 17.6 Å². The Hall–Kier alpha value is -1.33. The minimum Gasteiger partial charge on any atom is -0.506 e. The van der Waals surface area contributed by atoms with Crippen LogP contribution in [0.2, 0.25) is 5.02 Å². The van der Waals surface area contributed by atoms with Crippen molar-refractivity contribution < 1.29 is 19.4 Å². The van der Waals surface area contributed by atoms with Gasteiger partial charge in [0.25, 0.3) is 0 Å². The van der Waals surface area contributed by atoms with Gasteiger partial charge in [-0.05, 0) is 31.7 Å². The van der Waals surface area contributed by atoms with E-state index in [1.54, 1.807) is 18.2 Å². The normalized spacial score (nSPS) is 25.7. The largest absolute Gasteiger partial charge is 0.506 e. The Labute approximate surface area is 127 Å². The van der Waals surface area contributed by atoms with E-state index in [1.807, 2.05) is 0 Å². The highest BCUT2D eigenvalue weighted by molar-refractivity contribution is 6.32. The van der Waals surface area contributed by atoms with Crippen molar-refractivity contribution in [3.05, 3.63) is 28.8 Å². The molecule has 1 aromatic rings. The van der Waals surface area contributed by atoms with Crippen LogP contribution in [0, 0.1) is 5.92 Å². The molecule has 1 fully saturated rings. The quantitative estimate of drug-likeness (QED) is 0.781. The topological polar surface area (TPSA) is 69.6 Å². The van der Waals surface area contributed by atoms with Crippen LogP contribution in [-0.2, 0) is 11.3 Å². The Kier molecular flexibility index (Phi) is 5.06. The lowest BCUT2D eigenvalue weighted by molar-refractivity contribution is -0.143. The van der Waals surface area contributed by atoms with Gasteiger partial charge in [-0.1, -0.05) is 23.7 Å². The highest BCUT2D eigenvalue weighted by Crippen LogP contribution is 2.35. The number of aliphatic carboxylic acids is 1. The maximum Gasteiger partial charge on any atom is 0.306 e. The van der Waals surface area contributed by atoms with Crippen LogP contribution in [0.1, 0.15) is 31.2 Å². The van der Waals surface area contributed by atoms with Crippen LogP contribution in [0.3, 0.4) is 0 Å². The van der Waals surface area contributed by atoms with E-state index in [0.29, 0.717) is 24.9 Å². The molecule has 0 radical (unpaired) electrons. The molecule has 4 nitrogen and oxygen atoms in total. The molecule has 2 rings (SSSR count). The minimum atomic E-state index is -1.37. The number of phenols is 1. The third-order valence-corrected chi connectivity index (χ3v) is 4.36. The van der Waals surface area contributed by atoms with Gasteiger partial charge in [-0.2, -0.15) is 0 Å². The number of para-hydroxylation sites is 1. The zero-order valence-electron chi connectivity index (χ0n) is 11.6. The molecule has 0 spiro atoms. The summed E-state index contributed by atoms with van der Waals surface area (Å²) in [6.45, 7) is 0.464. The van der Waals surface area contributed by atoms with E-state index in [2.05, 4.69) is 5.32 Å². The molecular weight excluding hydrogens is 297 g/mol. The molecule has 21 heavy (non-hydrogen) atoms. The molecule has 0 bridgehead atoms. The first-order chi connectivity index (χ1) is 9.91. The maximum atomic E-state index is 14.5. The van der Waals surface area contributed by atoms with Crippen molar-refractivity contribution in [2.24, 2.45) is 5.92 Å². The maximum absolute atomic E-state index is 14.5. The van der Waals surface area contributed by atoms with Gasteiger partial charge in [0.15, 0.2) is 0 Å². The summed E-state index contributed by atoms with van der Waals surface area (Å²) in [6.07, 6.45) is 1.24. The van der Waals surface area contributed by atoms with Crippen molar-refractivity contribution in [2.75, 3.05) is 6.54 Å².